The van der Waals surface area contributed by atoms with Crippen LogP contribution in [0.5, 0.6) is 0 Å². The van der Waals surface area contributed by atoms with Crippen molar-refractivity contribution in [1.82, 2.24) is 9.78 Å². The lowest BCUT2D eigenvalue weighted by Crippen LogP contribution is -2.30. The van der Waals surface area contributed by atoms with Crippen LogP contribution >= 0.6 is 0 Å². The number of nitro groups is 1. The second kappa shape index (κ2) is 6.43. The molecule has 0 aromatic carbocycles. The van der Waals surface area contributed by atoms with Crippen LogP contribution in [0.2, 0.25) is 0 Å². The number of rotatable bonds is 5. The van der Waals surface area contributed by atoms with Gasteiger partial charge in [-0.25, -0.2) is 4.68 Å². The molecule has 1 aliphatic carbocycles. The summed E-state index contributed by atoms with van der Waals surface area (Å²) in [5.74, 6) is 0.574. The van der Waals surface area contributed by atoms with Gasteiger partial charge < -0.3 is 10.4 Å². The predicted molar refractivity (Wildman–Crippen MR) is 80.4 cm³/mol. The van der Waals surface area contributed by atoms with Crippen LogP contribution in [0.4, 0.5) is 11.5 Å². The predicted octanol–water partition coefficient (Wildman–Crippen LogP) is 2.41. The van der Waals surface area contributed by atoms with Crippen molar-refractivity contribution >= 4 is 11.5 Å². The van der Waals surface area contributed by atoms with E-state index in [0.717, 1.165) is 25.7 Å². The van der Waals surface area contributed by atoms with Crippen molar-refractivity contribution < 1.29 is 10.0 Å². The lowest BCUT2D eigenvalue weighted by atomic mass is 9.86. The highest BCUT2D eigenvalue weighted by molar-refractivity contribution is 5.60. The van der Waals surface area contributed by atoms with Gasteiger partial charge in [0.2, 0.25) is 5.82 Å². The average molecular weight is 296 g/mol. The summed E-state index contributed by atoms with van der Waals surface area (Å²) < 4.78 is 1.53. The van der Waals surface area contributed by atoms with Crippen molar-refractivity contribution in [2.24, 2.45) is 13.0 Å². The summed E-state index contributed by atoms with van der Waals surface area (Å²) in [5.41, 5.74) is 0.548. The maximum absolute atomic E-state index is 11.3. The van der Waals surface area contributed by atoms with E-state index in [1.54, 1.807) is 7.05 Å². The number of aliphatic hydroxyl groups excluding tert-OH is 1. The van der Waals surface area contributed by atoms with E-state index in [1.165, 1.54) is 4.68 Å². The number of nitrogens with one attached hydrogen (secondary N) is 1. The van der Waals surface area contributed by atoms with E-state index in [9.17, 15) is 15.2 Å². The zero-order chi connectivity index (χ0) is 15.6. The molecular formula is C14H24N4O3. The lowest BCUT2D eigenvalue weighted by molar-refractivity contribution is -0.384. The van der Waals surface area contributed by atoms with Gasteiger partial charge in [0, 0.05) is 25.4 Å². The van der Waals surface area contributed by atoms with Crippen molar-refractivity contribution in [3.05, 3.63) is 15.8 Å². The van der Waals surface area contributed by atoms with E-state index in [0.29, 0.717) is 18.1 Å². The van der Waals surface area contributed by atoms with Crippen molar-refractivity contribution in [2.75, 3.05) is 11.9 Å². The minimum Gasteiger partial charge on any atom is -0.393 e. The Balaban J connectivity index is 2.17. The van der Waals surface area contributed by atoms with Crippen LogP contribution in [0.15, 0.2) is 0 Å². The van der Waals surface area contributed by atoms with Gasteiger partial charge in [-0.1, -0.05) is 26.7 Å². The number of anilines is 1. The number of aryl methyl sites for hydroxylation is 1. The first-order valence-corrected chi connectivity index (χ1v) is 7.55. The Morgan fingerprint density at radius 3 is 2.71 bits per heavy atom. The molecule has 0 amide bonds. The third kappa shape index (κ3) is 3.34. The fourth-order valence-corrected chi connectivity index (χ4v) is 2.95. The van der Waals surface area contributed by atoms with Crippen LogP contribution in [0.25, 0.3) is 0 Å². The molecule has 0 bridgehead atoms. The molecule has 1 aromatic rings. The third-order valence-corrected chi connectivity index (χ3v) is 4.18. The van der Waals surface area contributed by atoms with Gasteiger partial charge in [0.1, 0.15) is 5.69 Å². The molecule has 7 nitrogen and oxygen atoms in total. The molecule has 2 atom stereocenters. The Morgan fingerprint density at radius 2 is 2.14 bits per heavy atom. The summed E-state index contributed by atoms with van der Waals surface area (Å²) in [4.78, 5) is 11.0. The van der Waals surface area contributed by atoms with Crippen LogP contribution in [0, 0.1) is 16.0 Å². The molecule has 118 valence electrons. The fraction of sp³-hybridized carbons (Fsp3) is 0.786. The molecule has 0 spiro atoms. The summed E-state index contributed by atoms with van der Waals surface area (Å²) >= 11 is 0. The van der Waals surface area contributed by atoms with Crippen molar-refractivity contribution in [2.45, 2.75) is 51.6 Å². The normalized spacial score (nSPS) is 22.5. The van der Waals surface area contributed by atoms with Gasteiger partial charge >= 0.3 is 5.69 Å². The zero-order valence-corrected chi connectivity index (χ0v) is 12.9. The largest absolute Gasteiger partial charge is 0.393 e. The van der Waals surface area contributed by atoms with E-state index in [2.05, 4.69) is 10.4 Å². The van der Waals surface area contributed by atoms with Gasteiger partial charge in [0.05, 0.1) is 11.0 Å². The topological polar surface area (TPSA) is 93.2 Å². The fourth-order valence-electron chi connectivity index (χ4n) is 2.95. The summed E-state index contributed by atoms with van der Waals surface area (Å²) in [7, 11) is 1.71. The molecule has 1 aromatic heterocycles. The van der Waals surface area contributed by atoms with Crippen molar-refractivity contribution in [1.29, 1.82) is 0 Å². The van der Waals surface area contributed by atoms with Crippen LogP contribution in [-0.4, -0.2) is 32.5 Å². The summed E-state index contributed by atoms with van der Waals surface area (Å²) in [6.07, 6.45) is 3.62. The molecule has 7 heteroatoms. The Morgan fingerprint density at radius 1 is 1.48 bits per heavy atom. The molecule has 0 saturated heterocycles. The SMILES string of the molecule is CC(C)c1nn(C)c(NCC2CCCCC2O)c1[N+](=O)[O-]. The molecule has 2 unspecified atom stereocenters. The minimum absolute atomic E-state index is 0.00702. The molecule has 1 fully saturated rings. The maximum atomic E-state index is 11.3. The molecule has 2 rings (SSSR count). The molecule has 1 aliphatic rings. The molecule has 2 N–H and O–H groups in total. The van der Waals surface area contributed by atoms with E-state index in [1.807, 2.05) is 13.8 Å². The molecule has 0 radical (unpaired) electrons. The third-order valence-electron chi connectivity index (χ3n) is 4.18. The van der Waals surface area contributed by atoms with Gasteiger partial charge in [-0.3, -0.25) is 10.1 Å². The van der Waals surface area contributed by atoms with Gasteiger partial charge in [-0.2, -0.15) is 5.10 Å². The highest BCUT2D eigenvalue weighted by Gasteiger charge is 2.30. The standard InChI is InChI=1S/C14H24N4O3/c1-9(2)12-13(18(20)21)14(17(3)16-12)15-8-10-6-4-5-7-11(10)19/h9-11,15,19H,4-8H2,1-3H3. The monoisotopic (exact) mass is 296 g/mol. The Kier molecular flexibility index (Phi) is 4.82. The van der Waals surface area contributed by atoms with Gasteiger partial charge in [-0.05, 0) is 12.8 Å². The number of aliphatic hydroxyl groups is 1. The Labute approximate surface area is 124 Å². The highest BCUT2D eigenvalue weighted by atomic mass is 16.6. The van der Waals surface area contributed by atoms with E-state index in [-0.39, 0.29) is 28.6 Å². The minimum atomic E-state index is -0.373. The Bertz CT molecular complexity index is 513. The van der Waals surface area contributed by atoms with Gasteiger partial charge in [0.25, 0.3) is 0 Å². The zero-order valence-electron chi connectivity index (χ0n) is 12.9. The second-order valence-corrected chi connectivity index (χ2v) is 6.11. The average Bonchev–Trinajstić information content (AvgIpc) is 2.75. The second-order valence-electron chi connectivity index (χ2n) is 6.11. The molecule has 1 saturated carbocycles. The van der Waals surface area contributed by atoms with Crippen molar-refractivity contribution in [3.63, 3.8) is 0 Å². The van der Waals surface area contributed by atoms with E-state index in [4.69, 9.17) is 0 Å². The van der Waals surface area contributed by atoms with Gasteiger partial charge in [0.15, 0.2) is 0 Å². The number of hydrogen-bond acceptors (Lipinski definition) is 5. The summed E-state index contributed by atoms with van der Waals surface area (Å²) in [6.45, 7) is 4.33. The molecule has 1 heterocycles. The lowest BCUT2D eigenvalue weighted by Gasteiger charge is -2.27. The van der Waals surface area contributed by atoms with Crippen molar-refractivity contribution in [3.8, 4) is 0 Å². The first kappa shape index (κ1) is 15.8. The number of nitrogens with zero attached hydrogens (tertiary/aromatic N) is 3. The summed E-state index contributed by atoms with van der Waals surface area (Å²) in [6, 6.07) is 0. The first-order chi connectivity index (χ1) is 9.91. The maximum Gasteiger partial charge on any atom is 0.334 e. The van der Waals surface area contributed by atoms with Crippen LogP contribution in [0.1, 0.15) is 51.1 Å². The summed E-state index contributed by atoms with van der Waals surface area (Å²) in [5, 5.41) is 28.7. The quantitative estimate of drug-likeness (QED) is 0.643. The Hall–Kier alpha value is -1.63. The molecule has 21 heavy (non-hydrogen) atoms. The molecular weight excluding hydrogens is 272 g/mol. The molecule has 0 aliphatic heterocycles. The van der Waals surface area contributed by atoms with Gasteiger partial charge in [-0.15, -0.1) is 0 Å². The van der Waals surface area contributed by atoms with Crippen LogP contribution in [0.3, 0.4) is 0 Å². The number of hydrogen-bond donors (Lipinski definition) is 2. The van der Waals surface area contributed by atoms with Crippen LogP contribution < -0.4 is 5.32 Å². The smallest absolute Gasteiger partial charge is 0.334 e. The number of aromatic nitrogens is 2. The van der Waals surface area contributed by atoms with E-state index < -0.39 is 0 Å². The van der Waals surface area contributed by atoms with Crippen LogP contribution in [-0.2, 0) is 7.05 Å². The highest BCUT2D eigenvalue weighted by Crippen LogP contribution is 2.33. The first-order valence-electron chi connectivity index (χ1n) is 7.55. The van der Waals surface area contributed by atoms with E-state index >= 15 is 0 Å².